The summed E-state index contributed by atoms with van der Waals surface area (Å²) in [6.45, 7) is 8.34. The molecule has 1 unspecified atom stereocenters. The van der Waals surface area contributed by atoms with Crippen LogP contribution in [0.5, 0.6) is 0 Å². The number of aryl methyl sites for hydroxylation is 1. The molecule has 0 heterocycles. The van der Waals surface area contributed by atoms with E-state index in [2.05, 4.69) is 32.9 Å². The van der Waals surface area contributed by atoms with E-state index in [1.54, 1.807) is 0 Å². The second kappa shape index (κ2) is 3.08. The number of aliphatic hydroxyl groups is 1. The van der Waals surface area contributed by atoms with Gasteiger partial charge in [0.25, 0.3) is 0 Å². The Labute approximate surface area is 92.1 Å². The molecule has 0 saturated heterocycles. The molecule has 0 spiro atoms. The Morgan fingerprint density at radius 2 is 1.87 bits per heavy atom. The summed E-state index contributed by atoms with van der Waals surface area (Å²) in [5.41, 5.74) is 3.00. The lowest BCUT2D eigenvalue weighted by Gasteiger charge is -2.33. The van der Waals surface area contributed by atoms with Gasteiger partial charge in [0.1, 0.15) is 0 Å². The highest BCUT2D eigenvalue weighted by Gasteiger charge is 2.53. The van der Waals surface area contributed by atoms with Crippen LogP contribution in [-0.2, 0) is 5.60 Å². The highest BCUT2D eigenvalue weighted by Crippen LogP contribution is 2.58. The molecular formula is C14H20O. The van der Waals surface area contributed by atoms with E-state index in [4.69, 9.17) is 0 Å². The second-order valence-corrected chi connectivity index (χ2v) is 5.38. The van der Waals surface area contributed by atoms with E-state index in [1.165, 1.54) is 11.1 Å². The van der Waals surface area contributed by atoms with Gasteiger partial charge in [-0.1, -0.05) is 25.1 Å². The summed E-state index contributed by atoms with van der Waals surface area (Å²) in [4.78, 5) is 0. The van der Waals surface area contributed by atoms with Crippen molar-refractivity contribution in [2.75, 3.05) is 0 Å². The quantitative estimate of drug-likeness (QED) is 0.783. The largest absolute Gasteiger partial charge is 0.385 e. The Bertz CT molecular complexity index is 386. The van der Waals surface area contributed by atoms with Crippen molar-refractivity contribution in [3.05, 3.63) is 34.9 Å². The Morgan fingerprint density at radius 3 is 2.40 bits per heavy atom. The fourth-order valence-electron chi connectivity index (χ4n) is 2.28. The molecule has 0 radical (unpaired) electrons. The van der Waals surface area contributed by atoms with E-state index in [9.17, 15) is 5.11 Å². The molecule has 1 nitrogen and oxygen atoms in total. The number of hydrogen-bond acceptors (Lipinski definition) is 1. The minimum Gasteiger partial charge on any atom is -0.385 e. The van der Waals surface area contributed by atoms with E-state index in [0.717, 1.165) is 18.4 Å². The zero-order valence-electron chi connectivity index (χ0n) is 10.1. The molecular weight excluding hydrogens is 184 g/mol. The molecule has 0 bridgehead atoms. The van der Waals surface area contributed by atoms with Crippen molar-refractivity contribution >= 4 is 0 Å². The lowest BCUT2D eigenvalue weighted by atomic mass is 9.78. The van der Waals surface area contributed by atoms with Crippen molar-refractivity contribution < 1.29 is 5.11 Å². The lowest BCUT2D eigenvalue weighted by Crippen LogP contribution is -2.32. The van der Waals surface area contributed by atoms with Gasteiger partial charge in [-0.15, -0.1) is 0 Å². The van der Waals surface area contributed by atoms with Crippen LogP contribution < -0.4 is 0 Å². The Morgan fingerprint density at radius 1 is 1.27 bits per heavy atom. The van der Waals surface area contributed by atoms with Crippen molar-refractivity contribution in [3.8, 4) is 0 Å². The smallest absolute Gasteiger partial charge is 0.0924 e. The topological polar surface area (TPSA) is 20.2 Å². The van der Waals surface area contributed by atoms with Gasteiger partial charge in [-0.2, -0.15) is 0 Å². The third kappa shape index (κ3) is 1.50. The zero-order chi connectivity index (χ0) is 11.3. The number of benzene rings is 1. The first-order valence-corrected chi connectivity index (χ1v) is 5.67. The molecule has 0 aromatic heterocycles. The molecule has 1 saturated carbocycles. The van der Waals surface area contributed by atoms with E-state index < -0.39 is 5.60 Å². The monoisotopic (exact) mass is 204 g/mol. The van der Waals surface area contributed by atoms with Crippen LogP contribution in [0.2, 0.25) is 0 Å². The standard InChI is InChI=1S/C14H20O/c1-10-6-5-7-12(11(10)2)14(4,15)13(3)8-9-13/h5-7,15H,8-9H2,1-4H3. The van der Waals surface area contributed by atoms with Crippen molar-refractivity contribution in [2.45, 2.75) is 46.1 Å². The van der Waals surface area contributed by atoms with Gasteiger partial charge in [-0.25, -0.2) is 0 Å². The van der Waals surface area contributed by atoms with Crippen LogP contribution in [0.25, 0.3) is 0 Å². The van der Waals surface area contributed by atoms with Crippen LogP contribution in [0.3, 0.4) is 0 Å². The van der Waals surface area contributed by atoms with Gasteiger partial charge >= 0.3 is 0 Å². The summed E-state index contributed by atoms with van der Waals surface area (Å²) >= 11 is 0. The third-order valence-electron chi connectivity index (χ3n) is 4.30. The van der Waals surface area contributed by atoms with Crippen LogP contribution in [0.1, 0.15) is 43.4 Å². The molecule has 1 aromatic carbocycles. The van der Waals surface area contributed by atoms with Gasteiger partial charge in [-0.3, -0.25) is 0 Å². The third-order valence-corrected chi connectivity index (χ3v) is 4.30. The average Bonchev–Trinajstić information content (AvgIpc) is 2.90. The first-order chi connectivity index (χ1) is 6.88. The fraction of sp³-hybridized carbons (Fsp3) is 0.571. The molecule has 82 valence electrons. The van der Waals surface area contributed by atoms with Gasteiger partial charge in [0, 0.05) is 5.41 Å². The van der Waals surface area contributed by atoms with Gasteiger partial charge in [0.2, 0.25) is 0 Å². The minimum atomic E-state index is -0.677. The van der Waals surface area contributed by atoms with Gasteiger partial charge in [0.05, 0.1) is 5.60 Å². The van der Waals surface area contributed by atoms with Crippen molar-refractivity contribution in [1.29, 1.82) is 0 Å². The van der Waals surface area contributed by atoms with Gasteiger partial charge in [0.15, 0.2) is 0 Å². The normalized spacial score (nSPS) is 22.2. The van der Waals surface area contributed by atoms with E-state index >= 15 is 0 Å². The molecule has 1 N–H and O–H groups in total. The maximum atomic E-state index is 10.7. The Hall–Kier alpha value is -0.820. The maximum Gasteiger partial charge on any atom is 0.0924 e. The molecule has 1 aromatic rings. The highest BCUT2D eigenvalue weighted by molar-refractivity contribution is 5.39. The molecule has 1 aliphatic carbocycles. The predicted octanol–water partition coefficient (Wildman–Crippen LogP) is 3.31. The summed E-state index contributed by atoms with van der Waals surface area (Å²) in [6, 6.07) is 6.20. The molecule has 2 rings (SSSR count). The van der Waals surface area contributed by atoms with Crippen molar-refractivity contribution in [1.82, 2.24) is 0 Å². The summed E-state index contributed by atoms with van der Waals surface area (Å²) in [5.74, 6) is 0. The van der Waals surface area contributed by atoms with E-state index in [1.807, 2.05) is 13.0 Å². The minimum absolute atomic E-state index is 0.0888. The van der Waals surface area contributed by atoms with Crippen LogP contribution >= 0.6 is 0 Å². The SMILES string of the molecule is Cc1cccc(C(C)(O)C2(C)CC2)c1C. The lowest BCUT2D eigenvalue weighted by molar-refractivity contribution is -0.0132. The predicted molar refractivity (Wildman–Crippen MR) is 62.8 cm³/mol. The van der Waals surface area contributed by atoms with Crippen LogP contribution in [0.4, 0.5) is 0 Å². The zero-order valence-corrected chi connectivity index (χ0v) is 10.1. The van der Waals surface area contributed by atoms with Crippen LogP contribution in [-0.4, -0.2) is 5.11 Å². The van der Waals surface area contributed by atoms with Crippen molar-refractivity contribution in [2.24, 2.45) is 5.41 Å². The summed E-state index contributed by atoms with van der Waals surface area (Å²) in [5, 5.41) is 10.7. The second-order valence-electron chi connectivity index (χ2n) is 5.38. The Balaban J connectivity index is 2.49. The number of hydrogen-bond donors (Lipinski definition) is 1. The molecule has 1 atom stereocenters. The molecule has 0 amide bonds. The Kier molecular flexibility index (Phi) is 2.20. The van der Waals surface area contributed by atoms with Gasteiger partial charge in [-0.05, 0) is 50.3 Å². The fourth-order valence-corrected chi connectivity index (χ4v) is 2.28. The first-order valence-electron chi connectivity index (χ1n) is 5.67. The molecule has 1 fully saturated rings. The molecule has 1 heteroatoms. The summed E-state index contributed by atoms with van der Waals surface area (Å²) < 4.78 is 0. The first kappa shape index (κ1) is 10.7. The number of rotatable bonds is 2. The maximum absolute atomic E-state index is 10.7. The molecule has 0 aliphatic heterocycles. The van der Waals surface area contributed by atoms with Gasteiger partial charge < -0.3 is 5.11 Å². The van der Waals surface area contributed by atoms with E-state index in [-0.39, 0.29) is 5.41 Å². The average molecular weight is 204 g/mol. The molecule has 15 heavy (non-hydrogen) atoms. The van der Waals surface area contributed by atoms with E-state index in [0.29, 0.717) is 0 Å². The summed E-state index contributed by atoms with van der Waals surface area (Å²) in [6.07, 6.45) is 2.26. The summed E-state index contributed by atoms with van der Waals surface area (Å²) in [7, 11) is 0. The highest BCUT2D eigenvalue weighted by atomic mass is 16.3. The molecule has 1 aliphatic rings. The van der Waals surface area contributed by atoms with Crippen molar-refractivity contribution in [3.63, 3.8) is 0 Å². The van der Waals surface area contributed by atoms with Crippen LogP contribution in [0.15, 0.2) is 18.2 Å². The van der Waals surface area contributed by atoms with Crippen LogP contribution in [0, 0.1) is 19.3 Å².